The number of hydrogen-bond donors (Lipinski definition) is 3. The summed E-state index contributed by atoms with van der Waals surface area (Å²) >= 11 is 0. The molecule has 0 spiro atoms. The quantitative estimate of drug-likeness (QED) is 0.108. The van der Waals surface area contributed by atoms with Gasteiger partial charge in [-0.05, 0) is 71.7 Å². The molecule has 12 nitrogen and oxygen atoms in total. The lowest BCUT2D eigenvalue weighted by Crippen LogP contribution is -2.44. The van der Waals surface area contributed by atoms with Crippen LogP contribution in [0.1, 0.15) is 49.1 Å². The molecule has 262 valence electrons. The van der Waals surface area contributed by atoms with Gasteiger partial charge in [0.25, 0.3) is 0 Å². The average molecular weight is 693 g/mol. The number of aromatic nitrogens is 1. The first-order valence-corrected chi connectivity index (χ1v) is 16.4. The number of carbonyl (C=O) groups excluding carboxylic acids is 1. The summed E-state index contributed by atoms with van der Waals surface area (Å²) in [5.41, 5.74) is 2.93. The fraction of sp³-hybridized carbons (Fsp3) is 0.256. The minimum atomic E-state index is -1.81. The predicted octanol–water partition coefficient (Wildman–Crippen LogP) is 6.58. The van der Waals surface area contributed by atoms with Crippen molar-refractivity contribution in [3.8, 4) is 11.5 Å². The second kappa shape index (κ2) is 15.2. The number of carboxylic acids is 3. The molecule has 1 aliphatic rings. The predicted molar refractivity (Wildman–Crippen MR) is 186 cm³/mol. The molecule has 0 bridgehead atoms. The average Bonchev–Trinajstić information content (AvgIpc) is 3.76. The van der Waals surface area contributed by atoms with Gasteiger partial charge in [-0.15, -0.1) is 0 Å². The van der Waals surface area contributed by atoms with Crippen molar-refractivity contribution < 1.29 is 48.4 Å². The van der Waals surface area contributed by atoms with Gasteiger partial charge in [0.1, 0.15) is 5.52 Å². The first-order valence-electron chi connectivity index (χ1n) is 16.4. The molecule has 0 saturated heterocycles. The molecule has 12 heteroatoms. The molecular weight excluding hydrogens is 656 g/mol. The first kappa shape index (κ1) is 34.7. The van der Waals surface area contributed by atoms with Crippen LogP contribution in [-0.2, 0) is 25.7 Å². The number of hydrogen-bond acceptors (Lipinski definition) is 8. The Labute approximate surface area is 292 Å². The zero-order valence-corrected chi connectivity index (χ0v) is 27.7. The summed E-state index contributed by atoms with van der Waals surface area (Å²) < 4.78 is 17.1. The molecular formula is C39H36N2O10. The SMILES string of the molecule is C[C@H]([C@H](C/C=C/c1nc2ccccc2o1)c1ccc2c(c1)OCO2)N(Cc1ccc2ccccc2c1)C(=O)C[C@H](C(=O)O)[C@@H](CC(=O)O)C(=O)O. The van der Waals surface area contributed by atoms with Gasteiger partial charge in [0.2, 0.25) is 18.6 Å². The molecule has 6 rings (SSSR count). The van der Waals surface area contributed by atoms with Gasteiger partial charge in [0.05, 0.1) is 18.3 Å². The Hall–Kier alpha value is -6.17. The van der Waals surface area contributed by atoms with Gasteiger partial charge < -0.3 is 34.1 Å². The van der Waals surface area contributed by atoms with Crippen molar-refractivity contribution in [2.45, 2.75) is 44.7 Å². The number of rotatable bonds is 15. The van der Waals surface area contributed by atoms with Crippen molar-refractivity contribution >= 4 is 51.8 Å². The molecule has 3 N–H and O–H groups in total. The number of carboxylic acid groups (broad SMARTS) is 3. The Morgan fingerprint density at radius 2 is 1.53 bits per heavy atom. The standard InChI is InChI=1S/C39H36N2O10/c1-23(28(27-15-16-33-34(18-27)50-22-49-33)9-6-12-35-40-31-10-4-5-11-32(31)51-35)41(21-24-13-14-25-7-2-3-8-26(25)17-24)36(42)19-29(38(45)46)30(39(47)48)20-37(43)44/h2-8,10-18,23,28-30H,9,19-22H2,1H3,(H,43,44)(H,45,46)(H,47,48)/b12-6+/t23-,28+,29+,30-/m1/s1. The van der Waals surface area contributed by atoms with E-state index in [0.29, 0.717) is 34.9 Å². The number of amides is 1. The van der Waals surface area contributed by atoms with Gasteiger partial charge in [0.15, 0.2) is 17.1 Å². The highest BCUT2D eigenvalue weighted by Crippen LogP contribution is 2.38. The Kier molecular flexibility index (Phi) is 10.3. The second-order valence-corrected chi connectivity index (χ2v) is 12.5. The van der Waals surface area contributed by atoms with Gasteiger partial charge >= 0.3 is 17.9 Å². The summed E-state index contributed by atoms with van der Waals surface area (Å²) in [6.07, 6.45) is 2.37. The molecule has 0 unspecified atom stereocenters. The monoisotopic (exact) mass is 692 g/mol. The van der Waals surface area contributed by atoms with Crippen molar-refractivity contribution in [3.63, 3.8) is 0 Å². The normalized spacial score (nSPS) is 14.7. The number of benzene rings is 4. The van der Waals surface area contributed by atoms with Crippen LogP contribution in [0.3, 0.4) is 0 Å². The number of aliphatic carboxylic acids is 3. The molecule has 1 amide bonds. The number of para-hydroxylation sites is 2. The molecule has 0 aliphatic carbocycles. The number of ether oxygens (including phenoxy) is 2. The van der Waals surface area contributed by atoms with Gasteiger partial charge in [-0.2, -0.15) is 0 Å². The van der Waals surface area contributed by atoms with Crippen LogP contribution >= 0.6 is 0 Å². The molecule has 51 heavy (non-hydrogen) atoms. The van der Waals surface area contributed by atoms with Gasteiger partial charge in [-0.3, -0.25) is 19.2 Å². The fourth-order valence-corrected chi connectivity index (χ4v) is 6.54. The van der Waals surface area contributed by atoms with Crippen LogP contribution in [0.2, 0.25) is 0 Å². The molecule has 4 atom stereocenters. The lowest BCUT2D eigenvalue weighted by atomic mass is 9.84. The largest absolute Gasteiger partial charge is 0.481 e. The Morgan fingerprint density at radius 3 is 2.27 bits per heavy atom. The van der Waals surface area contributed by atoms with E-state index in [1.54, 1.807) is 17.0 Å². The molecule has 4 aromatic carbocycles. The summed E-state index contributed by atoms with van der Waals surface area (Å²) in [6, 6.07) is 25.8. The number of carbonyl (C=O) groups is 4. The Bertz CT molecular complexity index is 2090. The molecule has 5 aromatic rings. The van der Waals surface area contributed by atoms with E-state index in [4.69, 9.17) is 13.9 Å². The third-order valence-corrected chi connectivity index (χ3v) is 9.26. The van der Waals surface area contributed by atoms with E-state index in [0.717, 1.165) is 21.9 Å². The van der Waals surface area contributed by atoms with Crippen molar-refractivity contribution in [2.75, 3.05) is 6.79 Å². The number of fused-ring (bicyclic) bond motifs is 3. The summed E-state index contributed by atoms with van der Waals surface area (Å²) in [5, 5.41) is 31.2. The highest BCUT2D eigenvalue weighted by atomic mass is 16.7. The molecule has 2 heterocycles. The summed E-state index contributed by atoms with van der Waals surface area (Å²) in [6.45, 7) is 1.99. The van der Waals surface area contributed by atoms with Crippen LogP contribution < -0.4 is 9.47 Å². The highest BCUT2D eigenvalue weighted by Gasteiger charge is 2.39. The Balaban J connectivity index is 1.37. The van der Waals surface area contributed by atoms with Crippen LogP contribution in [0.15, 0.2) is 95.4 Å². The van der Waals surface area contributed by atoms with Gasteiger partial charge in [-0.1, -0.05) is 60.7 Å². The lowest BCUT2D eigenvalue weighted by molar-refractivity contribution is -0.159. The maximum absolute atomic E-state index is 14.3. The van der Waals surface area contributed by atoms with E-state index in [9.17, 15) is 34.5 Å². The van der Waals surface area contributed by atoms with Crippen LogP contribution in [0.4, 0.5) is 0 Å². The molecule has 0 saturated carbocycles. The summed E-state index contributed by atoms with van der Waals surface area (Å²) in [5.74, 6) is -7.72. The molecule has 0 fully saturated rings. The summed E-state index contributed by atoms with van der Waals surface area (Å²) in [7, 11) is 0. The smallest absolute Gasteiger partial charge is 0.307 e. The first-order chi connectivity index (χ1) is 24.6. The third-order valence-electron chi connectivity index (χ3n) is 9.26. The molecule has 0 radical (unpaired) electrons. The maximum Gasteiger partial charge on any atom is 0.307 e. The van der Waals surface area contributed by atoms with Gasteiger partial charge in [0, 0.05) is 24.9 Å². The van der Waals surface area contributed by atoms with Crippen molar-refractivity contribution in [3.05, 3.63) is 108 Å². The van der Waals surface area contributed by atoms with Crippen molar-refractivity contribution in [1.82, 2.24) is 9.88 Å². The van der Waals surface area contributed by atoms with Crippen LogP contribution in [0.25, 0.3) is 27.9 Å². The Morgan fingerprint density at radius 1 is 0.824 bits per heavy atom. The third kappa shape index (κ3) is 8.01. The van der Waals surface area contributed by atoms with Crippen LogP contribution in [0, 0.1) is 11.8 Å². The highest BCUT2D eigenvalue weighted by molar-refractivity contribution is 5.88. The summed E-state index contributed by atoms with van der Waals surface area (Å²) in [4.78, 5) is 56.4. The zero-order chi connectivity index (χ0) is 36.1. The lowest BCUT2D eigenvalue weighted by Gasteiger charge is -2.36. The van der Waals surface area contributed by atoms with Gasteiger partial charge in [-0.25, -0.2) is 4.98 Å². The fourth-order valence-electron chi connectivity index (χ4n) is 6.54. The van der Waals surface area contributed by atoms with E-state index in [2.05, 4.69) is 4.98 Å². The van der Waals surface area contributed by atoms with E-state index >= 15 is 0 Å². The molecule has 1 aliphatic heterocycles. The number of allylic oxidation sites excluding steroid dienone is 1. The van der Waals surface area contributed by atoms with E-state index in [1.165, 1.54) is 0 Å². The second-order valence-electron chi connectivity index (χ2n) is 12.5. The van der Waals surface area contributed by atoms with E-state index < -0.39 is 54.5 Å². The van der Waals surface area contributed by atoms with Crippen LogP contribution in [0.5, 0.6) is 11.5 Å². The van der Waals surface area contributed by atoms with E-state index in [1.807, 2.05) is 91.9 Å². The van der Waals surface area contributed by atoms with Crippen molar-refractivity contribution in [2.24, 2.45) is 11.8 Å². The van der Waals surface area contributed by atoms with E-state index in [-0.39, 0.29) is 19.3 Å². The molecule has 1 aromatic heterocycles. The topological polar surface area (TPSA) is 177 Å². The zero-order valence-electron chi connectivity index (χ0n) is 27.7. The number of oxazole rings is 1. The minimum absolute atomic E-state index is 0.0703. The van der Waals surface area contributed by atoms with Crippen molar-refractivity contribution in [1.29, 1.82) is 0 Å². The maximum atomic E-state index is 14.3. The van der Waals surface area contributed by atoms with Crippen LogP contribution in [-0.4, -0.2) is 61.9 Å². The number of nitrogens with zero attached hydrogens (tertiary/aromatic N) is 2. The minimum Gasteiger partial charge on any atom is -0.481 e.